The molecule has 0 aromatic heterocycles. The predicted molar refractivity (Wildman–Crippen MR) is 81.3 cm³/mol. The standard InChI is InChI=1S/C17H20F3NO3/c1-10(11-4-6-14(7-5-11)17(18,19)20)9-21-15(22)12-2-3-13(8-12)16(23)24/h4-7,10,12-13H,2-3,8-9H2,1H3,(H,21,22)(H,23,24)/t10?,12-,13+/m1/s1. The van der Waals surface area contributed by atoms with Gasteiger partial charge in [-0.1, -0.05) is 19.1 Å². The van der Waals surface area contributed by atoms with E-state index >= 15 is 0 Å². The number of hydrogen-bond acceptors (Lipinski definition) is 2. The van der Waals surface area contributed by atoms with Crippen LogP contribution in [0.2, 0.25) is 0 Å². The molecule has 4 nitrogen and oxygen atoms in total. The van der Waals surface area contributed by atoms with E-state index in [2.05, 4.69) is 5.32 Å². The van der Waals surface area contributed by atoms with Crippen LogP contribution in [-0.4, -0.2) is 23.5 Å². The number of alkyl halides is 3. The number of carbonyl (C=O) groups is 2. The number of carboxylic acid groups (broad SMARTS) is 1. The fourth-order valence-corrected chi connectivity index (χ4v) is 2.96. The molecule has 1 fully saturated rings. The first kappa shape index (κ1) is 18.3. The molecule has 2 N–H and O–H groups in total. The quantitative estimate of drug-likeness (QED) is 0.861. The summed E-state index contributed by atoms with van der Waals surface area (Å²) in [7, 11) is 0. The highest BCUT2D eigenvalue weighted by atomic mass is 19.4. The number of carbonyl (C=O) groups excluding carboxylic acids is 1. The molecule has 1 aliphatic carbocycles. The Bertz CT molecular complexity index is 598. The van der Waals surface area contributed by atoms with Crippen LogP contribution in [0.1, 0.15) is 43.2 Å². The molecule has 2 rings (SSSR count). The summed E-state index contributed by atoms with van der Waals surface area (Å²) in [5.41, 5.74) is 0.00582. The zero-order chi connectivity index (χ0) is 17.9. The fourth-order valence-electron chi connectivity index (χ4n) is 2.96. The first-order valence-electron chi connectivity index (χ1n) is 7.86. The zero-order valence-electron chi connectivity index (χ0n) is 13.3. The Labute approximate surface area is 138 Å². The van der Waals surface area contributed by atoms with Crippen molar-refractivity contribution in [2.24, 2.45) is 11.8 Å². The van der Waals surface area contributed by atoms with E-state index in [1.54, 1.807) is 0 Å². The number of rotatable bonds is 5. The van der Waals surface area contributed by atoms with Crippen molar-refractivity contribution in [3.05, 3.63) is 35.4 Å². The van der Waals surface area contributed by atoms with Gasteiger partial charge in [-0.3, -0.25) is 9.59 Å². The maximum Gasteiger partial charge on any atom is 0.416 e. The van der Waals surface area contributed by atoms with E-state index in [1.165, 1.54) is 12.1 Å². The smallest absolute Gasteiger partial charge is 0.416 e. The van der Waals surface area contributed by atoms with Crippen molar-refractivity contribution >= 4 is 11.9 Å². The van der Waals surface area contributed by atoms with E-state index < -0.39 is 23.6 Å². The Morgan fingerprint density at radius 1 is 1.21 bits per heavy atom. The van der Waals surface area contributed by atoms with E-state index in [-0.39, 0.29) is 17.7 Å². The number of halogens is 3. The Kier molecular flexibility index (Phi) is 5.51. The summed E-state index contributed by atoms with van der Waals surface area (Å²) in [4.78, 5) is 23.0. The van der Waals surface area contributed by atoms with Crippen LogP contribution in [0, 0.1) is 11.8 Å². The molecule has 24 heavy (non-hydrogen) atoms. The lowest BCUT2D eigenvalue weighted by molar-refractivity contribution is -0.141. The van der Waals surface area contributed by atoms with Gasteiger partial charge in [0, 0.05) is 12.5 Å². The van der Waals surface area contributed by atoms with Gasteiger partial charge in [0.15, 0.2) is 0 Å². The van der Waals surface area contributed by atoms with Gasteiger partial charge in [0.2, 0.25) is 5.91 Å². The minimum Gasteiger partial charge on any atom is -0.481 e. The molecule has 0 aliphatic heterocycles. The molecule has 0 heterocycles. The molecule has 1 aliphatic rings. The Hall–Kier alpha value is -2.05. The van der Waals surface area contributed by atoms with Gasteiger partial charge < -0.3 is 10.4 Å². The van der Waals surface area contributed by atoms with Crippen LogP contribution in [0.15, 0.2) is 24.3 Å². The third kappa shape index (κ3) is 4.49. The van der Waals surface area contributed by atoms with Crippen molar-refractivity contribution in [2.75, 3.05) is 6.54 Å². The summed E-state index contributed by atoms with van der Waals surface area (Å²) in [6.45, 7) is 2.12. The van der Waals surface area contributed by atoms with E-state index in [1.807, 2.05) is 6.92 Å². The number of aliphatic carboxylic acids is 1. The Morgan fingerprint density at radius 2 is 1.79 bits per heavy atom. The maximum atomic E-state index is 12.5. The molecule has 0 radical (unpaired) electrons. The second kappa shape index (κ2) is 7.23. The number of amides is 1. The van der Waals surface area contributed by atoms with Crippen LogP contribution >= 0.6 is 0 Å². The Morgan fingerprint density at radius 3 is 2.29 bits per heavy atom. The van der Waals surface area contributed by atoms with Gasteiger partial charge in [-0.2, -0.15) is 13.2 Å². The highest BCUT2D eigenvalue weighted by Gasteiger charge is 2.34. The topological polar surface area (TPSA) is 66.4 Å². The molecule has 0 saturated heterocycles. The number of carboxylic acids is 1. The second-order valence-electron chi connectivity index (χ2n) is 6.31. The average Bonchev–Trinajstić information content (AvgIpc) is 3.02. The van der Waals surface area contributed by atoms with Crippen molar-refractivity contribution in [1.82, 2.24) is 5.32 Å². The van der Waals surface area contributed by atoms with Crippen LogP contribution in [0.3, 0.4) is 0 Å². The highest BCUT2D eigenvalue weighted by Crippen LogP contribution is 2.32. The van der Waals surface area contributed by atoms with E-state index in [0.717, 1.165) is 12.1 Å². The number of nitrogens with one attached hydrogen (secondary N) is 1. The Balaban J connectivity index is 1.85. The highest BCUT2D eigenvalue weighted by molar-refractivity contribution is 5.80. The third-order valence-electron chi connectivity index (χ3n) is 4.54. The van der Waals surface area contributed by atoms with Gasteiger partial charge in [-0.25, -0.2) is 0 Å². The van der Waals surface area contributed by atoms with Gasteiger partial charge in [0.05, 0.1) is 11.5 Å². The van der Waals surface area contributed by atoms with Crippen molar-refractivity contribution in [3.8, 4) is 0 Å². The number of benzene rings is 1. The average molecular weight is 343 g/mol. The summed E-state index contributed by atoms with van der Waals surface area (Å²) < 4.78 is 37.6. The van der Waals surface area contributed by atoms with Gasteiger partial charge in [0.1, 0.15) is 0 Å². The molecule has 0 spiro atoms. The minimum atomic E-state index is -4.36. The molecule has 3 atom stereocenters. The number of hydrogen-bond donors (Lipinski definition) is 2. The fraction of sp³-hybridized carbons (Fsp3) is 0.529. The monoisotopic (exact) mass is 343 g/mol. The minimum absolute atomic E-state index is 0.132. The molecular weight excluding hydrogens is 323 g/mol. The van der Waals surface area contributed by atoms with Crippen molar-refractivity contribution < 1.29 is 27.9 Å². The van der Waals surface area contributed by atoms with Crippen molar-refractivity contribution in [1.29, 1.82) is 0 Å². The summed E-state index contributed by atoms with van der Waals surface area (Å²) in [6.07, 6.45) is -2.96. The summed E-state index contributed by atoms with van der Waals surface area (Å²) >= 11 is 0. The molecule has 1 unspecified atom stereocenters. The zero-order valence-corrected chi connectivity index (χ0v) is 13.3. The predicted octanol–water partition coefficient (Wildman–Crippen LogP) is 3.43. The van der Waals surface area contributed by atoms with Crippen LogP contribution < -0.4 is 5.32 Å². The van der Waals surface area contributed by atoms with Gasteiger partial charge in [-0.05, 0) is 42.9 Å². The first-order valence-corrected chi connectivity index (χ1v) is 7.86. The SMILES string of the molecule is CC(CNC(=O)[C@@H]1CC[C@H](C(=O)O)C1)c1ccc(C(F)(F)F)cc1. The van der Waals surface area contributed by atoms with Gasteiger partial charge in [0.25, 0.3) is 0 Å². The van der Waals surface area contributed by atoms with Gasteiger partial charge >= 0.3 is 12.1 Å². The normalized spacial score (nSPS) is 22.2. The summed E-state index contributed by atoms with van der Waals surface area (Å²) in [5, 5.41) is 11.7. The molecule has 1 saturated carbocycles. The molecule has 0 bridgehead atoms. The van der Waals surface area contributed by atoms with Crippen molar-refractivity contribution in [3.63, 3.8) is 0 Å². The molecule has 7 heteroatoms. The summed E-state index contributed by atoms with van der Waals surface area (Å²) in [6, 6.07) is 4.88. The van der Waals surface area contributed by atoms with E-state index in [9.17, 15) is 22.8 Å². The lowest BCUT2D eigenvalue weighted by atomic mass is 9.99. The van der Waals surface area contributed by atoms with Crippen LogP contribution in [0.5, 0.6) is 0 Å². The summed E-state index contributed by atoms with van der Waals surface area (Å²) in [5.74, 6) is -1.95. The molecule has 1 amide bonds. The van der Waals surface area contributed by atoms with E-state index in [0.29, 0.717) is 31.4 Å². The van der Waals surface area contributed by atoms with Crippen LogP contribution in [0.25, 0.3) is 0 Å². The van der Waals surface area contributed by atoms with Gasteiger partial charge in [-0.15, -0.1) is 0 Å². The first-order chi connectivity index (χ1) is 11.2. The molecule has 1 aromatic carbocycles. The molecular formula is C17H20F3NO3. The van der Waals surface area contributed by atoms with E-state index in [4.69, 9.17) is 5.11 Å². The molecule has 1 aromatic rings. The van der Waals surface area contributed by atoms with Crippen LogP contribution in [-0.2, 0) is 15.8 Å². The maximum absolute atomic E-state index is 12.5. The third-order valence-corrected chi connectivity index (χ3v) is 4.54. The second-order valence-corrected chi connectivity index (χ2v) is 6.31. The van der Waals surface area contributed by atoms with Crippen molar-refractivity contribution in [2.45, 2.75) is 38.3 Å². The lowest BCUT2D eigenvalue weighted by Gasteiger charge is -2.16. The lowest BCUT2D eigenvalue weighted by Crippen LogP contribution is -2.32. The largest absolute Gasteiger partial charge is 0.481 e. The van der Waals surface area contributed by atoms with Crippen LogP contribution in [0.4, 0.5) is 13.2 Å². The molecule has 132 valence electrons.